The number of allylic oxidation sites excluding steroid dienone is 1. The minimum Gasteiger partial charge on any atom is -0.481 e. The van der Waals surface area contributed by atoms with Gasteiger partial charge in [0.2, 0.25) is 0 Å². The summed E-state index contributed by atoms with van der Waals surface area (Å²) in [6.45, 7) is 8.26. The number of carbonyl (C=O) groups excluding carboxylic acids is 1. The van der Waals surface area contributed by atoms with E-state index >= 15 is 0 Å². The molecule has 0 spiro atoms. The summed E-state index contributed by atoms with van der Waals surface area (Å²) in [5, 5.41) is 10.7. The summed E-state index contributed by atoms with van der Waals surface area (Å²) in [5.41, 5.74) is 3.90. The average Bonchev–Trinajstić information content (AvgIpc) is 2.45. The Labute approximate surface area is 126 Å². The highest BCUT2D eigenvalue weighted by atomic mass is 16.4. The molecule has 2 N–H and O–H groups in total. The molecule has 1 heterocycles. The molecular weight excluding hydrogens is 270 g/mol. The molecule has 1 saturated heterocycles. The van der Waals surface area contributed by atoms with Crippen LogP contribution in [-0.2, 0) is 9.59 Å². The second-order valence-electron chi connectivity index (χ2n) is 5.55. The third kappa shape index (κ3) is 7.82. The van der Waals surface area contributed by atoms with Crippen LogP contribution in [0, 0.1) is 0 Å². The molecule has 0 amide bonds. The minimum absolute atomic E-state index is 0.0856. The van der Waals surface area contributed by atoms with E-state index in [1.807, 2.05) is 6.92 Å². The Morgan fingerprint density at radius 1 is 1.10 bits per heavy atom. The van der Waals surface area contributed by atoms with Crippen LogP contribution in [-0.4, -0.2) is 59.5 Å². The number of piperazine rings is 1. The van der Waals surface area contributed by atoms with E-state index in [0.29, 0.717) is 0 Å². The summed E-state index contributed by atoms with van der Waals surface area (Å²) in [6.07, 6.45) is 4.85. The second-order valence-corrected chi connectivity index (χ2v) is 5.55. The first-order valence-electron chi connectivity index (χ1n) is 7.62. The number of hydrazine groups is 1. The summed E-state index contributed by atoms with van der Waals surface area (Å²) < 4.78 is 0. The van der Waals surface area contributed by atoms with Crippen LogP contribution in [0.4, 0.5) is 0 Å². The molecule has 0 atom stereocenters. The lowest BCUT2D eigenvalue weighted by molar-refractivity contribution is -0.137. The van der Waals surface area contributed by atoms with Gasteiger partial charge < -0.3 is 15.4 Å². The third-order valence-electron chi connectivity index (χ3n) is 3.76. The smallest absolute Gasteiger partial charge is 0.303 e. The maximum atomic E-state index is 11.1. The molecule has 6 nitrogen and oxygen atoms in total. The van der Waals surface area contributed by atoms with Crippen molar-refractivity contribution < 1.29 is 14.7 Å². The molecule has 0 aromatic heterocycles. The van der Waals surface area contributed by atoms with E-state index in [2.05, 4.69) is 15.3 Å². The van der Waals surface area contributed by atoms with E-state index < -0.39 is 5.97 Å². The number of nitrogens with one attached hydrogen (secondary N) is 1. The number of carboxylic acid groups (broad SMARTS) is 1. The number of carbonyl (C=O) groups is 2. The number of aliphatic carboxylic acids is 1. The lowest BCUT2D eigenvalue weighted by Gasteiger charge is -2.34. The Hall–Kier alpha value is -1.40. The van der Waals surface area contributed by atoms with Gasteiger partial charge in [0, 0.05) is 44.4 Å². The first kappa shape index (κ1) is 17.7. The number of hydrogen-bond acceptors (Lipinski definition) is 5. The van der Waals surface area contributed by atoms with Crippen molar-refractivity contribution in [3.05, 3.63) is 11.8 Å². The number of nitrogens with zero attached hydrogens (tertiary/aromatic N) is 2. The summed E-state index contributed by atoms with van der Waals surface area (Å²) in [6, 6.07) is 0. The van der Waals surface area contributed by atoms with Crippen LogP contribution in [0.1, 0.15) is 39.5 Å². The number of carboxylic acids is 1. The van der Waals surface area contributed by atoms with Crippen molar-refractivity contribution in [2.75, 3.05) is 32.7 Å². The van der Waals surface area contributed by atoms with Gasteiger partial charge in [-0.2, -0.15) is 0 Å². The summed E-state index contributed by atoms with van der Waals surface area (Å²) >= 11 is 0. The van der Waals surface area contributed by atoms with E-state index in [4.69, 9.17) is 5.11 Å². The fourth-order valence-corrected chi connectivity index (χ4v) is 2.18. The molecule has 0 aromatic carbocycles. The second kappa shape index (κ2) is 9.52. The topological polar surface area (TPSA) is 72.9 Å². The Morgan fingerprint density at radius 3 is 2.33 bits per heavy atom. The monoisotopic (exact) mass is 297 g/mol. The Balaban J connectivity index is 2.11. The highest BCUT2D eigenvalue weighted by Crippen LogP contribution is 2.05. The lowest BCUT2D eigenvalue weighted by atomic mass is 10.2. The first-order chi connectivity index (χ1) is 9.99. The SMILES string of the molecule is CC(=O)/C(C)=C\NN1CCN(CCCCCC(=O)O)CC1. The average molecular weight is 297 g/mol. The van der Waals surface area contributed by atoms with Gasteiger partial charge in [0.1, 0.15) is 0 Å². The number of Topliss-reactive ketones (excluding diaryl/α,β-unsaturated/α-hetero) is 1. The molecule has 1 aliphatic rings. The van der Waals surface area contributed by atoms with Crippen LogP contribution in [0.5, 0.6) is 0 Å². The number of ketones is 1. The van der Waals surface area contributed by atoms with Gasteiger partial charge in [-0.05, 0) is 33.2 Å². The highest BCUT2D eigenvalue weighted by molar-refractivity contribution is 5.92. The molecule has 6 heteroatoms. The van der Waals surface area contributed by atoms with Crippen LogP contribution in [0.2, 0.25) is 0 Å². The molecule has 0 aromatic rings. The predicted octanol–water partition coefficient (Wildman–Crippen LogP) is 1.25. The molecule has 0 unspecified atom stereocenters. The zero-order chi connectivity index (χ0) is 15.7. The Kier molecular flexibility index (Phi) is 8.00. The van der Waals surface area contributed by atoms with E-state index in [0.717, 1.165) is 57.6 Å². The van der Waals surface area contributed by atoms with Crippen molar-refractivity contribution in [1.82, 2.24) is 15.3 Å². The summed E-state index contributed by atoms with van der Waals surface area (Å²) in [5.74, 6) is -0.619. The van der Waals surface area contributed by atoms with Crippen molar-refractivity contribution in [3.63, 3.8) is 0 Å². The molecule has 0 radical (unpaired) electrons. The zero-order valence-electron chi connectivity index (χ0n) is 13.1. The Morgan fingerprint density at radius 2 is 1.76 bits per heavy atom. The first-order valence-corrected chi connectivity index (χ1v) is 7.62. The molecule has 21 heavy (non-hydrogen) atoms. The van der Waals surface area contributed by atoms with Gasteiger partial charge in [0.25, 0.3) is 0 Å². The molecule has 1 aliphatic heterocycles. The maximum Gasteiger partial charge on any atom is 0.303 e. The van der Waals surface area contributed by atoms with Crippen molar-refractivity contribution >= 4 is 11.8 Å². The van der Waals surface area contributed by atoms with Gasteiger partial charge >= 0.3 is 5.97 Å². The molecule has 0 aliphatic carbocycles. The largest absolute Gasteiger partial charge is 0.481 e. The van der Waals surface area contributed by atoms with Gasteiger partial charge in [0.15, 0.2) is 5.78 Å². The normalized spacial score (nSPS) is 17.7. The molecule has 1 fully saturated rings. The van der Waals surface area contributed by atoms with E-state index in [9.17, 15) is 9.59 Å². The molecule has 1 rings (SSSR count). The van der Waals surface area contributed by atoms with Gasteiger partial charge in [-0.25, -0.2) is 5.01 Å². The lowest BCUT2D eigenvalue weighted by Crippen LogP contribution is -2.50. The Bertz CT molecular complexity index is 374. The van der Waals surface area contributed by atoms with E-state index in [1.54, 1.807) is 13.1 Å². The number of rotatable bonds is 9. The van der Waals surface area contributed by atoms with Crippen molar-refractivity contribution in [1.29, 1.82) is 0 Å². The quantitative estimate of drug-likeness (QED) is 0.493. The van der Waals surface area contributed by atoms with E-state index in [1.165, 1.54) is 0 Å². The van der Waals surface area contributed by atoms with Crippen LogP contribution in [0.15, 0.2) is 11.8 Å². The molecule has 0 saturated carbocycles. The predicted molar refractivity (Wildman–Crippen MR) is 81.7 cm³/mol. The van der Waals surface area contributed by atoms with E-state index in [-0.39, 0.29) is 12.2 Å². The fraction of sp³-hybridized carbons (Fsp3) is 0.733. The highest BCUT2D eigenvalue weighted by Gasteiger charge is 2.15. The third-order valence-corrected chi connectivity index (χ3v) is 3.76. The minimum atomic E-state index is -0.705. The summed E-state index contributed by atoms with van der Waals surface area (Å²) in [7, 11) is 0. The fourth-order valence-electron chi connectivity index (χ4n) is 2.18. The van der Waals surface area contributed by atoms with Crippen molar-refractivity contribution in [2.45, 2.75) is 39.5 Å². The van der Waals surface area contributed by atoms with Crippen molar-refractivity contribution in [2.24, 2.45) is 0 Å². The molecule has 0 bridgehead atoms. The zero-order valence-corrected chi connectivity index (χ0v) is 13.1. The van der Waals surface area contributed by atoms with Crippen LogP contribution in [0.3, 0.4) is 0 Å². The number of unbranched alkanes of at least 4 members (excludes halogenated alkanes) is 2. The standard InChI is InChI=1S/C15H27N3O3/c1-13(14(2)19)12-16-18-10-8-17(9-11-18)7-5-3-4-6-15(20)21/h12,16H,3-11H2,1-2H3,(H,20,21)/b13-12-. The van der Waals surface area contributed by atoms with Crippen molar-refractivity contribution in [3.8, 4) is 0 Å². The van der Waals surface area contributed by atoms with Gasteiger partial charge in [0.05, 0.1) is 0 Å². The van der Waals surface area contributed by atoms with Gasteiger partial charge in [-0.3, -0.25) is 9.59 Å². The maximum absolute atomic E-state index is 11.1. The van der Waals surface area contributed by atoms with Crippen LogP contribution >= 0.6 is 0 Å². The van der Waals surface area contributed by atoms with Crippen LogP contribution < -0.4 is 5.43 Å². The molecular formula is C15H27N3O3. The molecule has 120 valence electrons. The van der Waals surface area contributed by atoms with Crippen LogP contribution in [0.25, 0.3) is 0 Å². The summed E-state index contributed by atoms with van der Waals surface area (Å²) in [4.78, 5) is 23.9. The van der Waals surface area contributed by atoms with Gasteiger partial charge in [-0.15, -0.1) is 0 Å². The van der Waals surface area contributed by atoms with Gasteiger partial charge in [-0.1, -0.05) is 6.42 Å². The number of hydrogen-bond donors (Lipinski definition) is 2.